The van der Waals surface area contributed by atoms with Crippen LogP contribution in [-0.4, -0.2) is 33.6 Å². The zero-order valence-corrected chi connectivity index (χ0v) is 11.0. The zero-order valence-electron chi connectivity index (χ0n) is 9.34. The van der Waals surface area contributed by atoms with E-state index in [1.54, 1.807) is 6.92 Å². The molecule has 18 heavy (non-hydrogen) atoms. The molecule has 10 heteroatoms. The zero-order chi connectivity index (χ0) is 14.0. The number of hydrogen-bond donors (Lipinski definition) is 0. The maximum absolute atomic E-state index is 13.4. The van der Waals surface area contributed by atoms with Crippen LogP contribution in [0.15, 0.2) is 16.6 Å². The van der Waals surface area contributed by atoms with E-state index < -0.39 is 43.1 Å². The lowest BCUT2D eigenvalue weighted by atomic mass is 10.3. The van der Waals surface area contributed by atoms with Crippen LogP contribution in [0, 0.1) is 0 Å². The maximum Gasteiger partial charge on any atom is 0.390 e. The lowest BCUT2D eigenvalue weighted by Crippen LogP contribution is -2.39. The first-order valence-electron chi connectivity index (χ1n) is 4.90. The molecule has 0 aliphatic carbocycles. The van der Waals surface area contributed by atoms with Gasteiger partial charge in [0.2, 0.25) is 9.84 Å². The van der Waals surface area contributed by atoms with Gasteiger partial charge >= 0.3 is 15.4 Å². The molecule has 1 aliphatic rings. The molecule has 1 aliphatic heterocycles. The average Bonchev–Trinajstić information content (AvgIpc) is 2.20. The van der Waals surface area contributed by atoms with E-state index in [9.17, 15) is 25.6 Å². The van der Waals surface area contributed by atoms with Crippen molar-refractivity contribution in [3.63, 3.8) is 0 Å². The molecule has 6 nitrogen and oxygen atoms in total. The Kier molecular flexibility index (Phi) is 4.11. The van der Waals surface area contributed by atoms with Gasteiger partial charge in [0, 0.05) is 11.8 Å². The minimum atomic E-state index is -4.81. The maximum atomic E-state index is 13.4. The lowest BCUT2D eigenvalue weighted by molar-refractivity contribution is 0.162. The van der Waals surface area contributed by atoms with Crippen molar-refractivity contribution in [1.29, 1.82) is 0 Å². The third-order valence-corrected chi connectivity index (χ3v) is 4.71. The molecule has 0 aromatic rings. The van der Waals surface area contributed by atoms with E-state index >= 15 is 0 Å². The summed E-state index contributed by atoms with van der Waals surface area (Å²) in [5.41, 5.74) is -1.15. The van der Waals surface area contributed by atoms with Crippen LogP contribution in [0.1, 0.15) is 19.8 Å². The Morgan fingerprint density at radius 1 is 1.50 bits per heavy atom. The van der Waals surface area contributed by atoms with Crippen LogP contribution in [0.25, 0.3) is 0 Å². The number of allylic oxidation sites excluding steroid dienone is 1. The van der Waals surface area contributed by atoms with Crippen molar-refractivity contribution in [1.82, 2.24) is 0 Å². The third-order valence-electron chi connectivity index (χ3n) is 2.00. The normalized spacial score (nSPS) is 24.1. The highest BCUT2D eigenvalue weighted by Crippen LogP contribution is 2.31. The summed E-state index contributed by atoms with van der Waals surface area (Å²) in [6.45, 7) is 1.55. The van der Waals surface area contributed by atoms with Crippen molar-refractivity contribution < 1.29 is 29.9 Å². The van der Waals surface area contributed by atoms with Crippen LogP contribution in [0.2, 0.25) is 0 Å². The largest absolute Gasteiger partial charge is 0.390 e. The summed E-state index contributed by atoms with van der Waals surface area (Å²) in [5.74, 6) is -0.391. The van der Waals surface area contributed by atoms with Crippen LogP contribution in [-0.2, 0) is 24.2 Å². The van der Waals surface area contributed by atoms with E-state index in [1.165, 1.54) is 0 Å². The Balaban J connectivity index is 3.02. The minimum absolute atomic E-state index is 0.224. The molecule has 1 heterocycles. The summed E-state index contributed by atoms with van der Waals surface area (Å²) < 4.78 is 75.0. The highest BCUT2D eigenvalue weighted by molar-refractivity contribution is 7.96. The number of halogens is 2. The number of hydrogen-bond acceptors (Lipinski definition) is 6. The van der Waals surface area contributed by atoms with Gasteiger partial charge < -0.3 is 0 Å². The summed E-state index contributed by atoms with van der Waals surface area (Å²) in [6.07, 6.45) is 0.678. The van der Waals surface area contributed by atoms with E-state index in [1.807, 2.05) is 0 Å². The van der Waals surface area contributed by atoms with Gasteiger partial charge in [0.05, 0.1) is 5.75 Å². The molecule has 0 atom stereocenters. The predicted molar refractivity (Wildman–Crippen MR) is 60.2 cm³/mol. The van der Waals surface area contributed by atoms with Crippen LogP contribution in [0.5, 0.6) is 0 Å². The second-order valence-corrected chi connectivity index (χ2v) is 7.06. The second-order valence-electron chi connectivity index (χ2n) is 3.51. The van der Waals surface area contributed by atoms with Gasteiger partial charge in [-0.25, -0.2) is 8.42 Å². The number of alkyl halides is 2. The van der Waals surface area contributed by atoms with E-state index in [-0.39, 0.29) is 6.42 Å². The standard InChI is InChI=1S/C8H11F2NO5S2/c1-2-5-18(14,15)16-11-7-4-3-6-17(12,13)8(7,9)10/h3,6H,2,4-5H2,1H3. The third kappa shape index (κ3) is 3.05. The predicted octanol–water partition coefficient (Wildman–Crippen LogP) is 1.02. The average molecular weight is 303 g/mol. The van der Waals surface area contributed by atoms with Crippen LogP contribution < -0.4 is 0 Å². The van der Waals surface area contributed by atoms with Crippen molar-refractivity contribution in [3.8, 4) is 0 Å². The Morgan fingerprint density at radius 3 is 2.67 bits per heavy atom. The molecule has 1 rings (SSSR count). The Hall–Kier alpha value is -1.03. The lowest BCUT2D eigenvalue weighted by Gasteiger charge is -2.18. The highest BCUT2D eigenvalue weighted by Gasteiger charge is 2.50. The summed E-state index contributed by atoms with van der Waals surface area (Å²) in [6, 6.07) is 0. The monoisotopic (exact) mass is 303 g/mol. The van der Waals surface area contributed by atoms with Gasteiger partial charge in [-0.3, -0.25) is 4.28 Å². The van der Waals surface area contributed by atoms with Crippen molar-refractivity contribution in [2.45, 2.75) is 25.0 Å². The molecular weight excluding hydrogens is 292 g/mol. The number of oxime groups is 1. The quantitative estimate of drug-likeness (QED) is 0.723. The van der Waals surface area contributed by atoms with E-state index in [0.717, 1.165) is 6.08 Å². The topological polar surface area (TPSA) is 89.9 Å². The van der Waals surface area contributed by atoms with Gasteiger partial charge in [0.25, 0.3) is 0 Å². The Bertz CT molecular complexity index is 577. The van der Waals surface area contributed by atoms with E-state index in [0.29, 0.717) is 5.41 Å². The van der Waals surface area contributed by atoms with Gasteiger partial charge in [-0.1, -0.05) is 18.2 Å². The SMILES string of the molecule is CCCS(=O)(=O)ON=C1CC=CS(=O)(=O)C1(F)F. The van der Waals surface area contributed by atoms with Crippen molar-refractivity contribution in [3.05, 3.63) is 11.5 Å². The van der Waals surface area contributed by atoms with Crippen LogP contribution in [0.4, 0.5) is 8.78 Å². The summed E-state index contributed by atoms with van der Waals surface area (Å²) in [4.78, 5) is 0. The molecule has 0 aromatic heterocycles. The van der Waals surface area contributed by atoms with Gasteiger partial charge in [0.15, 0.2) is 0 Å². The molecule has 0 fully saturated rings. The Labute approximate surface area is 103 Å². The molecule has 0 saturated heterocycles. The molecule has 0 amide bonds. The van der Waals surface area contributed by atoms with Gasteiger partial charge in [-0.05, 0) is 6.42 Å². The highest BCUT2D eigenvalue weighted by atomic mass is 32.2. The van der Waals surface area contributed by atoms with Gasteiger partial charge in [-0.15, -0.1) is 0 Å². The smallest absolute Gasteiger partial charge is 0.268 e. The van der Waals surface area contributed by atoms with Crippen molar-refractivity contribution in [2.75, 3.05) is 5.75 Å². The van der Waals surface area contributed by atoms with Crippen LogP contribution >= 0.6 is 0 Å². The first-order chi connectivity index (χ1) is 8.12. The first kappa shape index (κ1) is 15.0. The van der Waals surface area contributed by atoms with Gasteiger partial charge in [0.1, 0.15) is 5.71 Å². The Morgan fingerprint density at radius 2 is 2.11 bits per heavy atom. The summed E-state index contributed by atoms with van der Waals surface area (Å²) in [7, 11) is -8.87. The molecule has 0 saturated carbocycles. The number of nitrogens with zero attached hydrogens (tertiary/aromatic N) is 1. The molecule has 104 valence electrons. The van der Waals surface area contributed by atoms with E-state index in [2.05, 4.69) is 9.44 Å². The molecule has 0 radical (unpaired) electrons. The second kappa shape index (κ2) is 4.92. The van der Waals surface area contributed by atoms with E-state index in [4.69, 9.17) is 0 Å². The van der Waals surface area contributed by atoms with Crippen LogP contribution in [0.3, 0.4) is 0 Å². The number of sulfone groups is 1. The molecular formula is C8H11F2NO5S2. The molecule has 0 aromatic carbocycles. The summed E-state index contributed by atoms with van der Waals surface area (Å²) >= 11 is 0. The van der Waals surface area contributed by atoms with Gasteiger partial charge in [-0.2, -0.15) is 17.2 Å². The van der Waals surface area contributed by atoms with Crippen molar-refractivity contribution >= 4 is 25.7 Å². The number of rotatable bonds is 4. The molecule has 0 N–H and O–H groups in total. The minimum Gasteiger partial charge on any atom is -0.268 e. The fraction of sp³-hybridized carbons (Fsp3) is 0.625. The molecule has 0 unspecified atom stereocenters. The molecule has 0 spiro atoms. The first-order valence-corrected chi connectivity index (χ1v) is 8.02. The fourth-order valence-electron chi connectivity index (χ4n) is 1.13. The fourth-order valence-corrected chi connectivity index (χ4v) is 2.88. The van der Waals surface area contributed by atoms with Crippen molar-refractivity contribution in [2.24, 2.45) is 5.16 Å². The molecule has 0 bridgehead atoms. The summed E-state index contributed by atoms with van der Waals surface area (Å²) in [5, 5.41) is -1.11.